The monoisotopic (exact) mass is 348 g/mol. The molecule has 0 spiro atoms. The molecule has 0 saturated carbocycles. The van der Waals surface area contributed by atoms with E-state index >= 15 is 0 Å². The van der Waals surface area contributed by atoms with E-state index in [1.807, 2.05) is 0 Å². The predicted molar refractivity (Wildman–Crippen MR) is 79.1 cm³/mol. The molecule has 8 heteroatoms. The zero-order valence-corrected chi connectivity index (χ0v) is 12.9. The maximum Gasteiger partial charge on any atom is 0.268 e. The highest BCUT2D eigenvalue weighted by molar-refractivity contribution is 6.41. The molecule has 0 aliphatic heterocycles. The second kappa shape index (κ2) is 6.64. The number of aliphatic hydroxyl groups is 1. The van der Waals surface area contributed by atoms with Crippen LogP contribution in [-0.2, 0) is 7.05 Å². The van der Waals surface area contributed by atoms with E-state index in [1.54, 1.807) is 0 Å². The van der Waals surface area contributed by atoms with Crippen molar-refractivity contribution in [1.29, 1.82) is 0 Å². The Kier molecular flexibility index (Phi) is 5.05. The van der Waals surface area contributed by atoms with Gasteiger partial charge in [-0.25, -0.2) is 8.78 Å². The number of hydrogen-bond acceptors (Lipinski definition) is 2. The summed E-state index contributed by atoms with van der Waals surface area (Å²) in [6, 6.07) is 4.60. The third kappa shape index (κ3) is 3.24. The maximum atomic E-state index is 13.5. The minimum atomic E-state index is -1.52. The van der Waals surface area contributed by atoms with E-state index in [0.29, 0.717) is 0 Å². The first-order valence-corrected chi connectivity index (χ1v) is 6.99. The maximum absolute atomic E-state index is 13.5. The van der Waals surface area contributed by atoms with Crippen LogP contribution in [0.1, 0.15) is 22.2 Å². The molecule has 2 rings (SSSR count). The molecule has 0 aliphatic carbocycles. The van der Waals surface area contributed by atoms with Gasteiger partial charge in [0.2, 0.25) is 0 Å². The first-order valence-electron chi connectivity index (χ1n) is 6.23. The van der Waals surface area contributed by atoms with Crippen LogP contribution in [-0.4, -0.2) is 22.1 Å². The van der Waals surface area contributed by atoms with Crippen LogP contribution in [0.2, 0.25) is 10.2 Å². The first-order chi connectivity index (χ1) is 10.3. The van der Waals surface area contributed by atoms with Gasteiger partial charge in [0.15, 0.2) is 0 Å². The number of halogens is 4. The highest BCUT2D eigenvalue weighted by Crippen LogP contribution is 2.25. The Bertz CT molecular complexity index is 699. The third-order valence-electron chi connectivity index (χ3n) is 3.14. The Morgan fingerprint density at radius 3 is 2.45 bits per heavy atom. The van der Waals surface area contributed by atoms with E-state index in [4.69, 9.17) is 23.2 Å². The van der Waals surface area contributed by atoms with E-state index in [1.165, 1.54) is 23.7 Å². The molecule has 0 radical (unpaired) electrons. The fourth-order valence-corrected chi connectivity index (χ4v) is 2.35. The molecular formula is C14H12Cl2F2N2O2. The summed E-state index contributed by atoms with van der Waals surface area (Å²) >= 11 is 11.6. The van der Waals surface area contributed by atoms with Crippen LogP contribution in [0.25, 0.3) is 0 Å². The SMILES string of the molecule is Cn1c(C(=O)NCC(O)c2c(F)cccc2F)cc(Cl)c1Cl. The molecule has 1 unspecified atom stereocenters. The van der Waals surface area contributed by atoms with E-state index in [2.05, 4.69) is 5.32 Å². The molecule has 1 aromatic heterocycles. The second-order valence-electron chi connectivity index (χ2n) is 4.59. The minimum absolute atomic E-state index is 0.163. The summed E-state index contributed by atoms with van der Waals surface area (Å²) in [6.07, 6.45) is -1.52. The highest BCUT2D eigenvalue weighted by Gasteiger charge is 2.20. The summed E-state index contributed by atoms with van der Waals surface area (Å²) in [6.45, 7) is -0.364. The van der Waals surface area contributed by atoms with Crippen molar-refractivity contribution in [3.05, 3.63) is 57.3 Å². The van der Waals surface area contributed by atoms with E-state index in [0.717, 1.165) is 12.1 Å². The summed E-state index contributed by atoms with van der Waals surface area (Å²) in [4.78, 5) is 12.0. The Balaban J connectivity index is 2.09. The van der Waals surface area contributed by atoms with Crippen LogP contribution in [0.15, 0.2) is 24.3 Å². The topological polar surface area (TPSA) is 54.3 Å². The van der Waals surface area contributed by atoms with E-state index < -0.39 is 29.2 Å². The highest BCUT2D eigenvalue weighted by atomic mass is 35.5. The van der Waals surface area contributed by atoms with Crippen LogP contribution in [0.3, 0.4) is 0 Å². The summed E-state index contributed by atoms with van der Waals surface area (Å²) < 4.78 is 28.4. The second-order valence-corrected chi connectivity index (χ2v) is 5.35. The molecule has 118 valence electrons. The lowest BCUT2D eigenvalue weighted by Crippen LogP contribution is -2.30. The van der Waals surface area contributed by atoms with E-state index in [-0.39, 0.29) is 22.4 Å². The summed E-state index contributed by atoms with van der Waals surface area (Å²) in [7, 11) is 1.54. The molecule has 0 aliphatic rings. The van der Waals surface area contributed by atoms with Crippen molar-refractivity contribution in [2.45, 2.75) is 6.10 Å². The smallest absolute Gasteiger partial charge is 0.268 e. The molecular weight excluding hydrogens is 337 g/mol. The Morgan fingerprint density at radius 2 is 1.95 bits per heavy atom. The lowest BCUT2D eigenvalue weighted by Gasteiger charge is -2.14. The first kappa shape index (κ1) is 16.7. The van der Waals surface area contributed by atoms with Gasteiger partial charge in [0.05, 0.1) is 10.6 Å². The Hall–Kier alpha value is -1.63. The predicted octanol–water partition coefficient (Wildman–Crippen LogP) is 3.07. The molecule has 1 heterocycles. The van der Waals surface area contributed by atoms with Crippen LogP contribution < -0.4 is 5.32 Å². The van der Waals surface area contributed by atoms with Crippen molar-refractivity contribution < 1.29 is 18.7 Å². The molecule has 0 bridgehead atoms. The van der Waals surface area contributed by atoms with Gasteiger partial charge in [-0.05, 0) is 18.2 Å². The summed E-state index contributed by atoms with van der Waals surface area (Å²) in [5.74, 6) is -2.34. The number of nitrogens with one attached hydrogen (secondary N) is 1. The Labute approximate surface area is 135 Å². The van der Waals surface area contributed by atoms with Crippen molar-refractivity contribution in [3.63, 3.8) is 0 Å². The van der Waals surface area contributed by atoms with Gasteiger partial charge in [0.1, 0.15) is 28.6 Å². The van der Waals surface area contributed by atoms with Crippen molar-refractivity contribution in [2.75, 3.05) is 6.54 Å². The molecule has 2 aromatic rings. The van der Waals surface area contributed by atoms with Crippen LogP contribution in [0, 0.1) is 11.6 Å². The van der Waals surface area contributed by atoms with Crippen LogP contribution in [0.4, 0.5) is 8.78 Å². The van der Waals surface area contributed by atoms with Gasteiger partial charge in [-0.2, -0.15) is 0 Å². The van der Waals surface area contributed by atoms with Crippen molar-refractivity contribution in [1.82, 2.24) is 9.88 Å². The number of aromatic nitrogens is 1. The van der Waals surface area contributed by atoms with Crippen LogP contribution in [0.5, 0.6) is 0 Å². The van der Waals surface area contributed by atoms with E-state index in [9.17, 15) is 18.7 Å². The third-order valence-corrected chi connectivity index (χ3v) is 3.98. The molecule has 2 N–H and O–H groups in total. The quantitative estimate of drug-likeness (QED) is 0.891. The number of benzene rings is 1. The minimum Gasteiger partial charge on any atom is -0.386 e. The Morgan fingerprint density at radius 1 is 1.36 bits per heavy atom. The van der Waals surface area contributed by atoms with Gasteiger partial charge in [-0.15, -0.1) is 0 Å². The average Bonchev–Trinajstić information content (AvgIpc) is 2.72. The lowest BCUT2D eigenvalue weighted by atomic mass is 10.1. The van der Waals surface area contributed by atoms with Crippen molar-refractivity contribution in [3.8, 4) is 0 Å². The number of amides is 1. The number of aliphatic hydroxyl groups excluding tert-OH is 1. The van der Waals surface area contributed by atoms with Gasteiger partial charge in [0.25, 0.3) is 5.91 Å². The number of nitrogens with zero attached hydrogens (tertiary/aromatic N) is 1. The zero-order valence-electron chi connectivity index (χ0n) is 11.4. The number of hydrogen-bond donors (Lipinski definition) is 2. The van der Waals surface area contributed by atoms with Gasteiger partial charge in [-0.1, -0.05) is 29.3 Å². The number of rotatable bonds is 4. The average molecular weight is 349 g/mol. The molecule has 22 heavy (non-hydrogen) atoms. The van der Waals surface area contributed by atoms with Gasteiger partial charge >= 0.3 is 0 Å². The number of carbonyl (C=O) groups is 1. The fourth-order valence-electron chi connectivity index (χ4n) is 1.97. The lowest BCUT2D eigenvalue weighted by molar-refractivity contribution is 0.0903. The van der Waals surface area contributed by atoms with Gasteiger partial charge < -0.3 is 15.0 Å². The standard InChI is InChI=1S/C14H12Cl2F2N2O2/c1-20-10(5-7(15)13(20)16)14(22)19-6-11(21)12-8(17)3-2-4-9(12)18/h2-5,11,21H,6H2,1H3,(H,19,22). The van der Waals surface area contributed by atoms with Gasteiger partial charge in [-0.3, -0.25) is 4.79 Å². The molecule has 1 aromatic carbocycles. The van der Waals surface area contributed by atoms with Crippen molar-refractivity contribution >= 4 is 29.1 Å². The molecule has 1 atom stereocenters. The largest absolute Gasteiger partial charge is 0.386 e. The molecule has 0 saturated heterocycles. The summed E-state index contributed by atoms with van der Waals surface area (Å²) in [5.41, 5.74) is -0.332. The summed E-state index contributed by atoms with van der Waals surface area (Å²) in [5, 5.41) is 12.6. The molecule has 0 fully saturated rings. The van der Waals surface area contributed by atoms with Gasteiger partial charge in [0, 0.05) is 13.6 Å². The fraction of sp³-hybridized carbons (Fsp3) is 0.214. The normalized spacial score (nSPS) is 12.3. The van der Waals surface area contributed by atoms with Crippen LogP contribution >= 0.6 is 23.2 Å². The molecule has 4 nitrogen and oxygen atoms in total. The molecule has 1 amide bonds. The van der Waals surface area contributed by atoms with Crippen molar-refractivity contribution in [2.24, 2.45) is 7.05 Å². The number of carbonyl (C=O) groups excluding carboxylic acids is 1. The zero-order chi connectivity index (χ0) is 16.4.